The van der Waals surface area contributed by atoms with Crippen LogP contribution in [0.25, 0.3) is 0 Å². The summed E-state index contributed by atoms with van der Waals surface area (Å²) in [5, 5.41) is 6.98. The third-order valence-corrected chi connectivity index (χ3v) is 3.90. The summed E-state index contributed by atoms with van der Waals surface area (Å²) in [5.41, 5.74) is 9.03. The molecule has 106 valence electrons. The molecule has 1 heterocycles. The van der Waals surface area contributed by atoms with E-state index < -0.39 is 0 Å². The van der Waals surface area contributed by atoms with Gasteiger partial charge in [-0.15, -0.1) is 0 Å². The average Bonchev–Trinajstić information content (AvgIpc) is 2.82. The third kappa shape index (κ3) is 3.11. The van der Waals surface area contributed by atoms with Gasteiger partial charge in [0, 0.05) is 12.2 Å². The number of hydrogen-bond donors (Lipinski definition) is 2. The average molecular weight is 290 g/mol. The minimum absolute atomic E-state index is 0.211. The number of carbonyl (C=O) groups excluding carboxylic acids is 1. The second-order valence-electron chi connectivity index (χ2n) is 4.42. The van der Waals surface area contributed by atoms with Crippen LogP contribution in [0.3, 0.4) is 0 Å². The maximum Gasteiger partial charge on any atom is 0.257 e. The predicted octanol–water partition coefficient (Wildman–Crippen LogP) is 2.97. The maximum atomic E-state index is 12.3. The number of carbonyl (C=O) groups is 1. The Kier molecular flexibility index (Phi) is 4.63. The van der Waals surface area contributed by atoms with Crippen molar-refractivity contribution in [2.24, 2.45) is 0 Å². The molecular weight excluding hydrogens is 272 g/mol. The van der Waals surface area contributed by atoms with Gasteiger partial charge in [0.2, 0.25) is 0 Å². The summed E-state index contributed by atoms with van der Waals surface area (Å²) in [4.78, 5) is 12.3. The van der Waals surface area contributed by atoms with Crippen LogP contribution in [-0.4, -0.2) is 12.5 Å². The molecule has 0 fully saturated rings. The zero-order chi connectivity index (χ0) is 14.5. The number of thiophene rings is 1. The fraction of sp³-hybridized carbons (Fsp3) is 0.267. The molecule has 0 radical (unpaired) electrons. The van der Waals surface area contributed by atoms with E-state index >= 15 is 0 Å². The molecule has 0 atom stereocenters. The molecule has 2 aromatic rings. The van der Waals surface area contributed by atoms with Gasteiger partial charge in [-0.05, 0) is 47.9 Å². The Bertz CT molecular complexity index is 608. The van der Waals surface area contributed by atoms with Crippen molar-refractivity contribution >= 4 is 22.9 Å². The van der Waals surface area contributed by atoms with Crippen LogP contribution in [0.4, 0.5) is 5.69 Å². The van der Waals surface area contributed by atoms with E-state index in [-0.39, 0.29) is 5.91 Å². The molecular formula is C15H18N2O2S. The Balaban J connectivity index is 2.15. The predicted molar refractivity (Wildman–Crippen MR) is 82.2 cm³/mol. The van der Waals surface area contributed by atoms with E-state index in [9.17, 15) is 4.79 Å². The van der Waals surface area contributed by atoms with E-state index in [1.165, 1.54) is 5.56 Å². The van der Waals surface area contributed by atoms with Crippen molar-refractivity contribution in [3.8, 4) is 5.75 Å². The zero-order valence-corrected chi connectivity index (χ0v) is 12.4. The molecule has 0 saturated carbocycles. The highest BCUT2D eigenvalue weighted by Crippen LogP contribution is 2.24. The van der Waals surface area contributed by atoms with Crippen molar-refractivity contribution < 1.29 is 9.53 Å². The first-order valence-corrected chi connectivity index (χ1v) is 7.39. The van der Waals surface area contributed by atoms with Gasteiger partial charge in [-0.25, -0.2) is 0 Å². The van der Waals surface area contributed by atoms with Gasteiger partial charge < -0.3 is 15.8 Å². The van der Waals surface area contributed by atoms with Crippen molar-refractivity contribution in [2.45, 2.75) is 20.4 Å². The Morgan fingerprint density at radius 3 is 2.85 bits per heavy atom. The van der Waals surface area contributed by atoms with Crippen LogP contribution in [0, 0.1) is 6.92 Å². The van der Waals surface area contributed by atoms with E-state index in [0.29, 0.717) is 30.2 Å². The van der Waals surface area contributed by atoms with Crippen LogP contribution in [-0.2, 0) is 6.54 Å². The molecule has 4 nitrogen and oxygen atoms in total. The van der Waals surface area contributed by atoms with Crippen molar-refractivity contribution in [2.75, 3.05) is 12.3 Å². The monoisotopic (exact) mass is 290 g/mol. The van der Waals surface area contributed by atoms with E-state index in [1.54, 1.807) is 29.5 Å². The molecule has 1 amide bonds. The topological polar surface area (TPSA) is 64.3 Å². The molecule has 0 spiro atoms. The number of hydrogen-bond acceptors (Lipinski definition) is 4. The number of nitrogen functional groups attached to an aromatic ring is 1. The van der Waals surface area contributed by atoms with Crippen LogP contribution in [0.5, 0.6) is 5.75 Å². The smallest absolute Gasteiger partial charge is 0.257 e. The summed E-state index contributed by atoms with van der Waals surface area (Å²) in [6.07, 6.45) is 0. The summed E-state index contributed by atoms with van der Waals surface area (Å²) in [6.45, 7) is 4.89. The van der Waals surface area contributed by atoms with Gasteiger partial charge in [-0.2, -0.15) is 11.3 Å². The Labute approximate surface area is 122 Å². The number of benzene rings is 1. The Morgan fingerprint density at radius 2 is 2.20 bits per heavy atom. The van der Waals surface area contributed by atoms with Crippen LogP contribution in [0.1, 0.15) is 28.4 Å². The van der Waals surface area contributed by atoms with E-state index in [1.807, 2.05) is 19.2 Å². The summed E-state index contributed by atoms with van der Waals surface area (Å²) in [5.74, 6) is 0.309. The molecule has 0 bridgehead atoms. The van der Waals surface area contributed by atoms with Crippen molar-refractivity contribution in [3.05, 3.63) is 45.6 Å². The van der Waals surface area contributed by atoms with Gasteiger partial charge in [0.1, 0.15) is 11.3 Å². The molecule has 20 heavy (non-hydrogen) atoms. The van der Waals surface area contributed by atoms with E-state index in [0.717, 1.165) is 5.56 Å². The lowest BCUT2D eigenvalue weighted by molar-refractivity contribution is 0.0948. The first kappa shape index (κ1) is 14.4. The normalized spacial score (nSPS) is 10.3. The summed E-state index contributed by atoms with van der Waals surface area (Å²) < 4.78 is 5.46. The van der Waals surface area contributed by atoms with Crippen LogP contribution in [0.15, 0.2) is 29.0 Å². The number of amides is 1. The van der Waals surface area contributed by atoms with Gasteiger partial charge in [0.15, 0.2) is 0 Å². The van der Waals surface area contributed by atoms with Crippen molar-refractivity contribution in [1.82, 2.24) is 5.32 Å². The third-order valence-electron chi connectivity index (χ3n) is 2.99. The Hall–Kier alpha value is -2.01. The van der Waals surface area contributed by atoms with Crippen LogP contribution < -0.4 is 15.8 Å². The lowest BCUT2D eigenvalue weighted by Crippen LogP contribution is -2.24. The maximum absolute atomic E-state index is 12.3. The summed E-state index contributed by atoms with van der Waals surface area (Å²) in [7, 11) is 0. The minimum atomic E-state index is -0.211. The number of nitrogens with one attached hydrogen (secondary N) is 1. The largest absolute Gasteiger partial charge is 0.493 e. The fourth-order valence-electron chi connectivity index (χ4n) is 1.90. The number of anilines is 1. The molecule has 1 aromatic heterocycles. The van der Waals surface area contributed by atoms with Gasteiger partial charge >= 0.3 is 0 Å². The first-order chi connectivity index (χ1) is 9.63. The molecule has 0 saturated heterocycles. The highest BCUT2D eigenvalue weighted by Gasteiger charge is 2.16. The molecule has 2 rings (SSSR count). The second-order valence-corrected chi connectivity index (χ2v) is 5.16. The summed E-state index contributed by atoms with van der Waals surface area (Å²) in [6, 6.07) is 5.23. The number of nitrogens with two attached hydrogens (primary N) is 1. The second kappa shape index (κ2) is 6.43. The molecule has 1 aromatic carbocycles. The van der Waals surface area contributed by atoms with E-state index in [2.05, 4.69) is 10.7 Å². The molecule has 0 unspecified atom stereocenters. The highest BCUT2D eigenvalue weighted by molar-refractivity contribution is 7.08. The fourth-order valence-corrected chi connectivity index (χ4v) is 2.76. The van der Waals surface area contributed by atoms with Crippen molar-refractivity contribution in [1.29, 1.82) is 0 Å². The lowest BCUT2D eigenvalue weighted by Gasteiger charge is -2.12. The molecule has 0 aliphatic carbocycles. The lowest BCUT2D eigenvalue weighted by atomic mass is 10.1. The summed E-state index contributed by atoms with van der Waals surface area (Å²) >= 11 is 1.63. The Morgan fingerprint density at radius 1 is 1.40 bits per heavy atom. The standard InChI is InChI=1S/C15H18N2O2S/c1-3-19-13-6-4-5-12(16)14(13)15(18)17-7-11-9-20-8-10(11)2/h4-6,8-9H,3,7,16H2,1-2H3,(H,17,18). The van der Waals surface area contributed by atoms with Gasteiger partial charge in [0.25, 0.3) is 5.91 Å². The first-order valence-electron chi connectivity index (χ1n) is 6.44. The minimum Gasteiger partial charge on any atom is -0.493 e. The van der Waals surface area contributed by atoms with Crippen molar-refractivity contribution in [3.63, 3.8) is 0 Å². The van der Waals surface area contributed by atoms with Gasteiger partial charge in [-0.3, -0.25) is 4.79 Å². The zero-order valence-electron chi connectivity index (χ0n) is 11.6. The van der Waals surface area contributed by atoms with Gasteiger partial charge in [0.05, 0.1) is 6.61 Å². The number of rotatable bonds is 5. The quantitative estimate of drug-likeness (QED) is 0.832. The molecule has 3 N–H and O–H groups in total. The molecule has 0 aliphatic heterocycles. The highest BCUT2D eigenvalue weighted by atomic mass is 32.1. The SMILES string of the molecule is CCOc1cccc(N)c1C(=O)NCc1cscc1C. The molecule has 0 aliphatic rings. The van der Waals surface area contributed by atoms with Gasteiger partial charge in [-0.1, -0.05) is 6.07 Å². The molecule has 5 heteroatoms. The number of ether oxygens (including phenoxy) is 1. The van der Waals surface area contributed by atoms with E-state index in [4.69, 9.17) is 10.5 Å². The van der Waals surface area contributed by atoms with Crippen LogP contribution >= 0.6 is 11.3 Å². The number of aryl methyl sites for hydroxylation is 1. The van der Waals surface area contributed by atoms with Crippen LogP contribution in [0.2, 0.25) is 0 Å².